The van der Waals surface area contributed by atoms with Gasteiger partial charge < -0.3 is 18.6 Å². The van der Waals surface area contributed by atoms with Gasteiger partial charge in [-0.2, -0.15) is 0 Å². The van der Waals surface area contributed by atoms with Gasteiger partial charge in [0.15, 0.2) is 0 Å². The first kappa shape index (κ1) is 12.0. The largest absolute Gasteiger partial charge is 0.433 e. The average molecular weight is 205 g/mol. The van der Waals surface area contributed by atoms with Crippen LogP contribution in [-0.2, 0) is 0 Å². The molecular formula is C3H9BrO5. The fourth-order valence-electron chi connectivity index (χ4n) is 0. The normalized spacial score (nSPS) is 12.3. The zero-order chi connectivity index (χ0) is 7.86. The number of hydrogen-bond donors (Lipinski definition) is 3. The fraction of sp³-hybridized carbons (Fsp3) is 1.00. The second-order valence-electron chi connectivity index (χ2n) is 1.23. The van der Waals surface area contributed by atoms with Crippen LogP contribution in [0.4, 0.5) is 0 Å². The van der Waals surface area contributed by atoms with Gasteiger partial charge in [-0.3, -0.25) is 0 Å². The highest BCUT2D eigenvalue weighted by molar-refractivity contribution is 4.33. The lowest BCUT2D eigenvalue weighted by molar-refractivity contribution is -1.63. The molecule has 1 unspecified atom stereocenters. The monoisotopic (exact) mass is 204 g/mol. The van der Waals surface area contributed by atoms with E-state index >= 15 is 0 Å². The van der Waals surface area contributed by atoms with Crippen LogP contribution in [0.15, 0.2) is 0 Å². The Morgan fingerprint density at radius 1 is 1.56 bits per heavy atom. The molecule has 0 spiro atoms. The molecule has 58 valence electrons. The third-order valence-electron chi connectivity index (χ3n) is 0.264. The Hall–Kier alpha value is 0.280. The van der Waals surface area contributed by atoms with Crippen LogP contribution in [0.2, 0.25) is 0 Å². The first-order valence-corrected chi connectivity index (χ1v) is 4.04. The van der Waals surface area contributed by atoms with Gasteiger partial charge in [0.1, 0.15) is 0 Å². The summed E-state index contributed by atoms with van der Waals surface area (Å²) in [6.07, 6.45) is -0.560. The lowest BCUT2D eigenvalue weighted by Gasteiger charge is -1.90. The van der Waals surface area contributed by atoms with E-state index < -0.39 is 20.9 Å². The van der Waals surface area contributed by atoms with Crippen molar-refractivity contribution in [1.29, 1.82) is 0 Å². The van der Waals surface area contributed by atoms with Crippen molar-refractivity contribution in [2.45, 2.75) is 13.0 Å². The maximum Gasteiger partial charge on any atom is 0.433 e. The van der Waals surface area contributed by atoms with Crippen molar-refractivity contribution < 1.29 is 37.6 Å². The molecule has 0 aliphatic heterocycles. The zero-order valence-corrected chi connectivity index (χ0v) is 6.41. The van der Waals surface area contributed by atoms with Gasteiger partial charge in [0.05, 0.1) is 12.7 Å². The maximum atomic E-state index is 8.63. The van der Waals surface area contributed by atoms with Crippen molar-refractivity contribution >= 4 is 0 Å². The van der Waals surface area contributed by atoms with Crippen molar-refractivity contribution in [3.05, 3.63) is 0 Å². The van der Waals surface area contributed by atoms with Crippen molar-refractivity contribution in [1.82, 2.24) is 0 Å². The molecule has 6 heteroatoms. The van der Waals surface area contributed by atoms with Crippen LogP contribution < -0.4 is 8.40 Å². The van der Waals surface area contributed by atoms with E-state index in [-0.39, 0.29) is 6.61 Å². The molecule has 5 nitrogen and oxygen atoms in total. The number of rotatable bonds is 1. The minimum absolute atomic E-state index is 0.139. The van der Waals surface area contributed by atoms with Crippen LogP contribution in [0.5, 0.6) is 0 Å². The summed E-state index contributed by atoms with van der Waals surface area (Å²) in [5, 5.41) is 16.0. The van der Waals surface area contributed by atoms with E-state index in [9.17, 15) is 0 Å². The molecule has 0 rings (SSSR count). The summed E-state index contributed by atoms with van der Waals surface area (Å²) in [5.41, 5.74) is 0. The van der Waals surface area contributed by atoms with Gasteiger partial charge >= 0.3 is 14.8 Å². The summed E-state index contributed by atoms with van der Waals surface area (Å²) in [6, 6.07) is 0. The second kappa shape index (κ2) is 8.28. The second-order valence-corrected chi connectivity index (χ2v) is 2.08. The summed E-state index contributed by atoms with van der Waals surface area (Å²) >= 11 is -3.40. The number of aliphatic hydroxyl groups is 2. The van der Waals surface area contributed by atoms with E-state index in [1.807, 2.05) is 0 Å². The lowest BCUT2D eigenvalue weighted by Crippen LogP contribution is -2.30. The smallest absolute Gasteiger partial charge is 0.394 e. The van der Waals surface area contributed by atoms with E-state index in [1.165, 1.54) is 6.92 Å². The predicted octanol–water partition coefficient (Wildman–Crippen LogP) is -3.58. The molecule has 9 heavy (non-hydrogen) atoms. The molecule has 1 atom stereocenters. The van der Waals surface area contributed by atoms with Gasteiger partial charge in [-0.1, -0.05) is 0 Å². The van der Waals surface area contributed by atoms with E-state index in [2.05, 4.69) is 0 Å². The van der Waals surface area contributed by atoms with Crippen LogP contribution >= 0.6 is 0 Å². The quantitative estimate of drug-likeness (QED) is 0.410. The Balaban J connectivity index is 0. The lowest BCUT2D eigenvalue weighted by atomic mass is 10.5. The van der Waals surface area contributed by atoms with Crippen LogP contribution in [0.3, 0.4) is 0 Å². The van der Waals surface area contributed by atoms with Crippen molar-refractivity contribution in [3.63, 3.8) is 0 Å². The molecule has 0 aliphatic carbocycles. The summed E-state index contributed by atoms with van der Waals surface area (Å²) in [4.78, 5) is 0. The highest BCUT2D eigenvalue weighted by Gasteiger charge is 1.86. The topological polar surface area (TPSA) is 107 Å². The summed E-state index contributed by atoms with van der Waals surface area (Å²) in [7, 11) is 0. The summed E-state index contributed by atoms with van der Waals surface area (Å²) in [5.74, 6) is 0. The highest BCUT2D eigenvalue weighted by atomic mass is 80.0. The Morgan fingerprint density at radius 3 is 1.67 bits per heavy atom. The van der Waals surface area contributed by atoms with Gasteiger partial charge in [-0.05, 0) is 11.1 Å². The number of hydrogen-bond acceptors (Lipinski definition) is 5. The molecule has 3 N–H and O–H groups in total. The van der Waals surface area contributed by atoms with Crippen LogP contribution in [-0.4, -0.2) is 27.1 Å². The summed E-state index contributed by atoms with van der Waals surface area (Å²) < 4.78 is 24.3. The molecule has 0 aliphatic rings. The third kappa shape index (κ3) is 62.8. The molecule has 0 aromatic carbocycles. The van der Waals surface area contributed by atoms with E-state index in [0.29, 0.717) is 0 Å². The Morgan fingerprint density at radius 2 is 1.67 bits per heavy atom. The van der Waals surface area contributed by atoms with Gasteiger partial charge in [-0.25, -0.2) is 0 Å². The van der Waals surface area contributed by atoms with E-state index in [4.69, 9.17) is 22.8 Å². The van der Waals surface area contributed by atoms with Crippen molar-refractivity contribution in [3.8, 4) is 0 Å². The van der Waals surface area contributed by atoms with Gasteiger partial charge in [-0.15, -0.1) is 0 Å². The minimum atomic E-state index is -3.40. The Labute approximate surface area is 58.0 Å². The molecule has 0 bridgehead atoms. The predicted molar refractivity (Wildman–Crippen MR) is 21.0 cm³/mol. The molecule has 0 heterocycles. The Bertz CT molecular complexity index is 44.7. The van der Waals surface area contributed by atoms with Crippen LogP contribution in [0.25, 0.3) is 0 Å². The Kier molecular flexibility index (Phi) is 11.0. The molecular weight excluding hydrogens is 196 g/mol. The average Bonchev–Trinajstić information content (AvgIpc) is 1.65. The molecule has 0 saturated heterocycles. The molecule has 0 amide bonds. The first-order valence-electron chi connectivity index (χ1n) is 2.04. The van der Waals surface area contributed by atoms with E-state index in [0.717, 1.165) is 0 Å². The number of aliphatic hydroxyl groups excluding tert-OH is 2. The molecule has 0 fully saturated rings. The fourth-order valence-corrected chi connectivity index (χ4v) is 0. The van der Waals surface area contributed by atoms with Gasteiger partial charge in [0, 0.05) is 0 Å². The standard InChI is InChI=1S/C3H8O2.BrHO3/c1-3(5)2-4;2-1(3)4/h3-5H,2H2,1H3;2H. The van der Waals surface area contributed by atoms with Crippen LogP contribution in [0.1, 0.15) is 6.92 Å². The minimum Gasteiger partial charge on any atom is -0.394 e. The highest BCUT2D eigenvalue weighted by Crippen LogP contribution is 1.68. The summed E-state index contributed by atoms with van der Waals surface area (Å²) in [6.45, 7) is 1.39. The van der Waals surface area contributed by atoms with Crippen LogP contribution in [0, 0.1) is 14.8 Å². The van der Waals surface area contributed by atoms with E-state index in [1.54, 1.807) is 0 Å². The molecule has 0 saturated carbocycles. The number of halogens is 1. The maximum absolute atomic E-state index is 8.63. The third-order valence-corrected chi connectivity index (χ3v) is 0.264. The van der Waals surface area contributed by atoms with Gasteiger partial charge in [0.2, 0.25) is 0 Å². The van der Waals surface area contributed by atoms with Crippen molar-refractivity contribution in [2.24, 2.45) is 0 Å². The molecule has 0 aromatic heterocycles. The first-order chi connectivity index (χ1) is 4.00. The zero-order valence-electron chi connectivity index (χ0n) is 4.82. The molecule has 0 radical (unpaired) electrons. The van der Waals surface area contributed by atoms with Gasteiger partial charge in [0.25, 0.3) is 0 Å². The van der Waals surface area contributed by atoms with Crippen molar-refractivity contribution in [2.75, 3.05) is 6.61 Å². The SMILES string of the molecule is CC(O)CO.[O-][Br+2]([O-])O. The molecule has 0 aromatic rings.